The quantitative estimate of drug-likeness (QED) is 0.436. The molecule has 0 atom stereocenters. The Morgan fingerprint density at radius 3 is 1.47 bits per heavy atom. The fourth-order valence-electron chi connectivity index (χ4n) is 4.34. The lowest BCUT2D eigenvalue weighted by molar-refractivity contribution is 0.0636. The summed E-state index contributed by atoms with van der Waals surface area (Å²) in [5.74, 6) is 1.32. The van der Waals surface area contributed by atoms with Gasteiger partial charge in [-0.2, -0.15) is 0 Å². The molecule has 0 aliphatic carbocycles. The van der Waals surface area contributed by atoms with Crippen LogP contribution in [0.5, 0.6) is 0 Å². The van der Waals surface area contributed by atoms with Gasteiger partial charge in [-0.05, 0) is 66.3 Å². The molecule has 0 saturated heterocycles. The number of aliphatic hydroxyl groups is 1. The largest absolute Gasteiger partial charge is 0.380 e. The zero-order valence-corrected chi connectivity index (χ0v) is 20.1. The van der Waals surface area contributed by atoms with Crippen molar-refractivity contribution in [2.24, 2.45) is 11.8 Å². The van der Waals surface area contributed by atoms with Gasteiger partial charge in [-0.1, -0.05) is 90.1 Å². The van der Waals surface area contributed by atoms with E-state index in [1.54, 1.807) is 0 Å². The van der Waals surface area contributed by atoms with Crippen molar-refractivity contribution in [1.82, 2.24) is 4.90 Å². The van der Waals surface area contributed by atoms with Crippen LogP contribution in [0.25, 0.3) is 0 Å². The van der Waals surface area contributed by atoms with Crippen molar-refractivity contribution in [3.63, 3.8) is 0 Å². The van der Waals surface area contributed by atoms with Crippen molar-refractivity contribution in [2.45, 2.75) is 72.8 Å². The fraction of sp³-hybridized carbons (Fsp3) is 0.571. The minimum Gasteiger partial charge on any atom is -0.380 e. The van der Waals surface area contributed by atoms with Gasteiger partial charge in [0.15, 0.2) is 0 Å². The average Bonchev–Trinajstić information content (AvgIpc) is 2.72. The number of hydrogen-bond acceptors (Lipinski definition) is 2. The van der Waals surface area contributed by atoms with Gasteiger partial charge in [-0.3, -0.25) is 0 Å². The molecular formula is C28H43NO. The van der Waals surface area contributed by atoms with Gasteiger partial charge >= 0.3 is 0 Å². The summed E-state index contributed by atoms with van der Waals surface area (Å²) >= 11 is 0. The van der Waals surface area contributed by atoms with Crippen molar-refractivity contribution < 1.29 is 5.11 Å². The van der Waals surface area contributed by atoms with E-state index in [0.29, 0.717) is 11.8 Å². The maximum absolute atomic E-state index is 11.9. The molecule has 0 saturated carbocycles. The molecule has 0 spiro atoms. The van der Waals surface area contributed by atoms with Gasteiger partial charge in [-0.15, -0.1) is 0 Å². The Bertz CT molecular complexity index is 673. The Labute approximate surface area is 185 Å². The van der Waals surface area contributed by atoms with Crippen LogP contribution in [-0.4, -0.2) is 29.6 Å². The summed E-state index contributed by atoms with van der Waals surface area (Å²) in [6.07, 6.45) is 3.74. The third-order valence-corrected chi connectivity index (χ3v) is 5.94. The minimum atomic E-state index is -0.945. The first kappa shape index (κ1) is 24.6. The molecular weight excluding hydrogens is 366 g/mol. The molecule has 30 heavy (non-hydrogen) atoms. The van der Waals surface area contributed by atoms with Gasteiger partial charge in [0.25, 0.3) is 0 Å². The molecule has 166 valence electrons. The van der Waals surface area contributed by atoms with Crippen molar-refractivity contribution >= 4 is 0 Å². The van der Waals surface area contributed by atoms with Crippen LogP contribution in [0.15, 0.2) is 48.5 Å². The lowest BCUT2D eigenvalue weighted by Crippen LogP contribution is -2.34. The fourth-order valence-corrected chi connectivity index (χ4v) is 4.34. The number of nitrogens with zero attached hydrogens (tertiary/aromatic N) is 1. The molecule has 0 aliphatic heterocycles. The average molecular weight is 410 g/mol. The van der Waals surface area contributed by atoms with Gasteiger partial charge in [0, 0.05) is 13.1 Å². The number of hydrogen-bond donors (Lipinski definition) is 1. The van der Waals surface area contributed by atoms with E-state index in [4.69, 9.17) is 0 Å². The molecule has 2 heteroatoms. The first-order valence-corrected chi connectivity index (χ1v) is 11.9. The summed E-state index contributed by atoms with van der Waals surface area (Å²) in [6.45, 7) is 16.7. The van der Waals surface area contributed by atoms with Crippen molar-refractivity contribution in [3.05, 3.63) is 70.8 Å². The SMILES string of the molecule is CCc1ccc(C(O)(CCCN(CC(C)C)CC(C)C)c2ccc(CC)cc2)cc1. The Kier molecular flexibility index (Phi) is 9.58. The normalized spacial score (nSPS) is 12.3. The van der Waals surface area contributed by atoms with E-state index < -0.39 is 5.60 Å². The van der Waals surface area contributed by atoms with Crippen LogP contribution in [0.1, 0.15) is 76.6 Å². The second-order valence-electron chi connectivity index (χ2n) is 9.61. The maximum Gasteiger partial charge on any atom is 0.115 e. The third kappa shape index (κ3) is 6.96. The lowest BCUT2D eigenvalue weighted by Gasteiger charge is -2.32. The first-order valence-electron chi connectivity index (χ1n) is 11.9. The molecule has 2 aromatic rings. The summed E-state index contributed by atoms with van der Waals surface area (Å²) in [4.78, 5) is 2.57. The topological polar surface area (TPSA) is 23.5 Å². The summed E-state index contributed by atoms with van der Waals surface area (Å²) in [5.41, 5.74) is 3.68. The highest BCUT2D eigenvalue weighted by Gasteiger charge is 2.31. The molecule has 2 nitrogen and oxygen atoms in total. The summed E-state index contributed by atoms with van der Waals surface area (Å²) in [7, 11) is 0. The Hall–Kier alpha value is -1.64. The molecule has 0 heterocycles. The summed E-state index contributed by atoms with van der Waals surface area (Å²) < 4.78 is 0. The van der Waals surface area contributed by atoms with Crippen LogP contribution in [-0.2, 0) is 18.4 Å². The maximum atomic E-state index is 11.9. The van der Waals surface area contributed by atoms with Crippen LogP contribution in [0, 0.1) is 11.8 Å². The van der Waals surface area contributed by atoms with E-state index in [0.717, 1.165) is 56.4 Å². The molecule has 0 fully saturated rings. The Balaban J connectivity index is 2.23. The molecule has 2 rings (SSSR count). The van der Waals surface area contributed by atoms with Crippen LogP contribution in [0.3, 0.4) is 0 Å². The predicted molar refractivity (Wildman–Crippen MR) is 130 cm³/mol. The molecule has 2 aromatic carbocycles. The Morgan fingerprint density at radius 2 is 1.13 bits per heavy atom. The molecule has 0 amide bonds. The molecule has 0 radical (unpaired) electrons. The van der Waals surface area contributed by atoms with E-state index in [1.807, 2.05) is 0 Å². The number of benzene rings is 2. The number of rotatable bonds is 12. The van der Waals surface area contributed by atoms with Gasteiger partial charge in [0.1, 0.15) is 5.60 Å². The highest BCUT2D eigenvalue weighted by molar-refractivity contribution is 5.38. The molecule has 0 unspecified atom stereocenters. The molecule has 0 aliphatic rings. The number of aryl methyl sites for hydroxylation is 2. The van der Waals surface area contributed by atoms with Crippen LogP contribution >= 0.6 is 0 Å². The first-order chi connectivity index (χ1) is 14.3. The molecule has 1 N–H and O–H groups in total. The zero-order chi connectivity index (χ0) is 22.1. The summed E-state index contributed by atoms with van der Waals surface area (Å²) in [5, 5.41) is 11.9. The second kappa shape index (κ2) is 11.7. The molecule has 0 aromatic heterocycles. The van der Waals surface area contributed by atoms with Gasteiger partial charge < -0.3 is 10.0 Å². The Morgan fingerprint density at radius 1 is 0.733 bits per heavy atom. The van der Waals surface area contributed by atoms with E-state index >= 15 is 0 Å². The standard InChI is InChI=1S/C28H43NO/c1-7-24-10-14-26(15-11-24)28(30,27-16-12-25(8-2)13-17-27)18-9-19-29(20-22(3)4)21-23(5)6/h10-17,22-23,30H,7-9,18-21H2,1-6H3. The van der Waals surface area contributed by atoms with Crippen LogP contribution < -0.4 is 0 Å². The lowest BCUT2D eigenvalue weighted by atomic mass is 9.81. The van der Waals surface area contributed by atoms with Gasteiger partial charge in [-0.25, -0.2) is 0 Å². The smallest absolute Gasteiger partial charge is 0.115 e. The molecule has 0 bridgehead atoms. The van der Waals surface area contributed by atoms with Gasteiger partial charge in [0.05, 0.1) is 0 Å². The minimum absolute atomic E-state index is 0.658. The summed E-state index contributed by atoms with van der Waals surface area (Å²) in [6, 6.07) is 17.1. The van der Waals surface area contributed by atoms with Crippen LogP contribution in [0.4, 0.5) is 0 Å². The predicted octanol–water partition coefficient (Wildman–Crippen LogP) is 6.44. The van der Waals surface area contributed by atoms with E-state index in [1.165, 1.54) is 11.1 Å². The highest BCUT2D eigenvalue weighted by Crippen LogP contribution is 2.35. The van der Waals surface area contributed by atoms with E-state index in [-0.39, 0.29) is 0 Å². The van der Waals surface area contributed by atoms with Gasteiger partial charge in [0.2, 0.25) is 0 Å². The second-order valence-corrected chi connectivity index (χ2v) is 9.61. The zero-order valence-electron chi connectivity index (χ0n) is 20.1. The monoisotopic (exact) mass is 409 g/mol. The van der Waals surface area contributed by atoms with Crippen LogP contribution in [0.2, 0.25) is 0 Å². The van der Waals surface area contributed by atoms with Crippen molar-refractivity contribution in [1.29, 1.82) is 0 Å². The van der Waals surface area contributed by atoms with E-state index in [9.17, 15) is 5.11 Å². The van der Waals surface area contributed by atoms with Crippen molar-refractivity contribution in [3.8, 4) is 0 Å². The van der Waals surface area contributed by atoms with E-state index in [2.05, 4.69) is 95.0 Å². The van der Waals surface area contributed by atoms with Crippen molar-refractivity contribution in [2.75, 3.05) is 19.6 Å². The highest BCUT2D eigenvalue weighted by atomic mass is 16.3. The third-order valence-electron chi connectivity index (χ3n) is 5.94.